The largest absolute Gasteiger partial charge is 0.379 e. The van der Waals surface area contributed by atoms with Crippen LogP contribution in [0.5, 0.6) is 0 Å². The Morgan fingerprint density at radius 2 is 2.24 bits per heavy atom. The lowest BCUT2D eigenvalue weighted by Crippen LogP contribution is -1.97. The van der Waals surface area contributed by atoms with Gasteiger partial charge < -0.3 is 5.32 Å². The predicted molar refractivity (Wildman–Crippen MR) is 67.3 cm³/mol. The van der Waals surface area contributed by atoms with E-state index in [0.29, 0.717) is 6.54 Å². The lowest BCUT2D eigenvalue weighted by molar-refractivity contribution is -0.380. The van der Waals surface area contributed by atoms with Gasteiger partial charge in [-0.2, -0.15) is 0 Å². The van der Waals surface area contributed by atoms with Crippen molar-refractivity contribution >= 4 is 22.0 Å². The van der Waals surface area contributed by atoms with E-state index in [4.69, 9.17) is 0 Å². The zero-order valence-electron chi connectivity index (χ0n) is 9.21. The van der Waals surface area contributed by atoms with Crippen LogP contribution in [-0.2, 0) is 6.54 Å². The summed E-state index contributed by atoms with van der Waals surface area (Å²) in [4.78, 5) is 15.2. The SMILES string of the molecule is Cc1ccc(NCc2ccc([N+](=O)[O-])s2)cn1. The van der Waals surface area contributed by atoms with E-state index in [1.165, 1.54) is 17.4 Å². The lowest BCUT2D eigenvalue weighted by atomic mass is 10.3. The van der Waals surface area contributed by atoms with Crippen molar-refractivity contribution in [2.24, 2.45) is 0 Å². The van der Waals surface area contributed by atoms with Crippen molar-refractivity contribution in [3.63, 3.8) is 0 Å². The van der Waals surface area contributed by atoms with E-state index in [9.17, 15) is 10.1 Å². The van der Waals surface area contributed by atoms with E-state index >= 15 is 0 Å². The first kappa shape index (κ1) is 11.5. The summed E-state index contributed by atoms with van der Waals surface area (Å²) in [5, 5.41) is 13.8. The number of nitrogens with one attached hydrogen (secondary N) is 1. The van der Waals surface area contributed by atoms with Gasteiger partial charge in [-0.3, -0.25) is 15.1 Å². The van der Waals surface area contributed by atoms with E-state index in [0.717, 1.165) is 16.3 Å². The van der Waals surface area contributed by atoms with Gasteiger partial charge in [0.1, 0.15) is 0 Å². The molecule has 0 aliphatic carbocycles. The molecular weight excluding hydrogens is 238 g/mol. The van der Waals surface area contributed by atoms with Crippen LogP contribution in [-0.4, -0.2) is 9.91 Å². The van der Waals surface area contributed by atoms with Gasteiger partial charge in [0.15, 0.2) is 0 Å². The predicted octanol–water partition coefficient (Wildman–Crippen LogP) is 2.97. The number of thiophene rings is 1. The number of rotatable bonds is 4. The van der Waals surface area contributed by atoms with Gasteiger partial charge in [-0.25, -0.2) is 0 Å². The molecule has 0 aliphatic heterocycles. The van der Waals surface area contributed by atoms with Gasteiger partial charge in [0, 0.05) is 23.2 Å². The minimum atomic E-state index is -0.373. The van der Waals surface area contributed by atoms with Gasteiger partial charge in [-0.05, 0) is 25.1 Å². The summed E-state index contributed by atoms with van der Waals surface area (Å²) in [6.07, 6.45) is 1.75. The Morgan fingerprint density at radius 3 is 2.82 bits per heavy atom. The highest BCUT2D eigenvalue weighted by atomic mass is 32.1. The number of aromatic nitrogens is 1. The smallest absolute Gasteiger partial charge is 0.324 e. The van der Waals surface area contributed by atoms with Crippen LogP contribution in [0.3, 0.4) is 0 Å². The van der Waals surface area contributed by atoms with Gasteiger partial charge in [0.2, 0.25) is 0 Å². The molecule has 0 saturated carbocycles. The number of nitro groups is 1. The van der Waals surface area contributed by atoms with Gasteiger partial charge in [-0.1, -0.05) is 11.3 Å². The number of nitrogens with zero attached hydrogens (tertiary/aromatic N) is 2. The first-order valence-corrected chi connectivity index (χ1v) is 5.86. The summed E-state index contributed by atoms with van der Waals surface area (Å²) in [6, 6.07) is 7.13. The highest BCUT2D eigenvalue weighted by Gasteiger charge is 2.09. The van der Waals surface area contributed by atoms with Crippen LogP contribution >= 0.6 is 11.3 Å². The maximum Gasteiger partial charge on any atom is 0.324 e. The Hall–Kier alpha value is -1.95. The Bertz CT molecular complexity index is 522. The Kier molecular flexibility index (Phi) is 3.34. The average Bonchev–Trinajstić information content (AvgIpc) is 2.77. The number of hydrogen-bond acceptors (Lipinski definition) is 5. The van der Waals surface area contributed by atoms with E-state index in [1.807, 2.05) is 19.1 Å². The molecule has 0 spiro atoms. The van der Waals surface area contributed by atoms with Crippen molar-refractivity contribution in [3.05, 3.63) is 51.1 Å². The molecule has 2 heterocycles. The third-order valence-corrected chi connectivity index (χ3v) is 3.24. The summed E-state index contributed by atoms with van der Waals surface area (Å²) in [5.41, 5.74) is 1.87. The molecule has 1 N–H and O–H groups in total. The van der Waals surface area contributed by atoms with Gasteiger partial charge in [-0.15, -0.1) is 0 Å². The molecule has 0 radical (unpaired) electrons. The fraction of sp³-hybridized carbons (Fsp3) is 0.182. The van der Waals surface area contributed by atoms with Crippen LogP contribution in [0.15, 0.2) is 30.5 Å². The maximum atomic E-state index is 10.5. The fourth-order valence-corrected chi connectivity index (χ4v) is 2.08. The second-order valence-corrected chi connectivity index (χ2v) is 4.69. The normalized spacial score (nSPS) is 10.2. The number of anilines is 1. The van der Waals surface area contributed by atoms with Crippen molar-refractivity contribution in [2.75, 3.05) is 5.32 Å². The molecule has 6 heteroatoms. The Labute approximate surface area is 102 Å². The first-order chi connectivity index (χ1) is 8.15. The molecule has 0 atom stereocenters. The summed E-state index contributed by atoms with van der Waals surface area (Å²) in [5.74, 6) is 0. The standard InChI is InChI=1S/C11H11N3O2S/c1-8-2-3-9(6-12-8)13-7-10-4-5-11(17-10)14(15)16/h2-6,13H,7H2,1H3. The Morgan fingerprint density at radius 1 is 1.41 bits per heavy atom. The highest BCUT2D eigenvalue weighted by Crippen LogP contribution is 2.24. The molecule has 0 aromatic carbocycles. The molecule has 0 bridgehead atoms. The van der Waals surface area contributed by atoms with Crippen molar-refractivity contribution in [1.29, 1.82) is 0 Å². The highest BCUT2D eigenvalue weighted by molar-refractivity contribution is 7.15. The fourth-order valence-electron chi connectivity index (χ4n) is 1.32. The molecule has 2 aromatic heterocycles. The van der Waals surface area contributed by atoms with E-state index < -0.39 is 0 Å². The zero-order valence-corrected chi connectivity index (χ0v) is 10.0. The Balaban J connectivity index is 1.97. The molecule has 2 aromatic rings. The summed E-state index contributed by atoms with van der Waals surface area (Å²) in [6.45, 7) is 2.50. The van der Waals surface area contributed by atoms with Crippen LogP contribution in [0.1, 0.15) is 10.6 Å². The van der Waals surface area contributed by atoms with Crippen LogP contribution in [0.2, 0.25) is 0 Å². The van der Waals surface area contributed by atoms with E-state index in [2.05, 4.69) is 10.3 Å². The zero-order chi connectivity index (χ0) is 12.3. The van der Waals surface area contributed by atoms with Crippen molar-refractivity contribution in [1.82, 2.24) is 4.98 Å². The van der Waals surface area contributed by atoms with Gasteiger partial charge >= 0.3 is 5.00 Å². The minimum absolute atomic E-state index is 0.170. The number of hydrogen-bond donors (Lipinski definition) is 1. The average molecular weight is 249 g/mol. The molecule has 17 heavy (non-hydrogen) atoms. The summed E-state index contributed by atoms with van der Waals surface area (Å²) in [7, 11) is 0. The molecular formula is C11H11N3O2S. The maximum absolute atomic E-state index is 10.5. The minimum Gasteiger partial charge on any atom is -0.379 e. The van der Waals surface area contributed by atoms with Crippen LogP contribution in [0, 0.1) is 17.0 Å². The summed E-state index contributed by atoms with van der Waals surface area (Å²) < 4.78 is 0. The lowest BCUT2D eigenvalue weighted by Gasteiger charge is -2.03. The van der Waals surface area contributed by atoms with Crippen LogP contribution in [0.4, 0.5) is 10.7 Å². The quantitative estimate of drug-likeness (QED) is 0.668. The first-order valence-electron chi connectivity index (χ1n) is 5.05. The van der Waals surface area contributed by atoms with Gasteiger partial charge in [0.25, 0.3) is 0 Å². The number of aryl methyl sites for hydroxylation is 1. The molecule has 88 valence electrons. The van der Waals surface area contributed by atoms with Crippen LogP contribution < -0.4 is 5.32 Å². The third-order valence-electron chi connectivity index (χ3n) is 2.21. The molecule has 0 saturated heterocycles. The second kappa shape index (κ2) is 4.92. The van der Waals surface area contributed by atoms with Crippen LogP contribution in [0.25, 0.3) is 0 Å². The second-order valence-electron chi connectivity index (χ2n) is 3.54. The molecule has 2 rings (SSSR count). The van der Waals surface area contributed by atoms with E-state index in [1.54, 1.807) is 12.3 Å². The topological polar surface area (TPSA) is 68.1 Å². The van der Waals surface area contributed by atoms with E-state index in [-0.39, 0.29) is 9.92 Å². The molecule has 5 nitrogen and oxygen atoms in total. The summed E-state index contributed by atoms with van der Waals surface area (Å²) >= 11 is 1.18. The molecule has 0 unspecified atom stereocenters. The van der Waals surface area contributed by atoms with Gasteiger partial charge in [0.05, 0.1) is 16.8 Å². The monoisotopic (exact) mass is 249 g/mol. The molecule has 0 fully saturated rings. The van der Waals surface area contributed by atoms with Crippen molar-refractivity contribution in [2.45, 2.75) is 13.5 Å². The third kappa shape index (κ3) is 3.01. The van der Waals surface area contributed by atoms with Crippen molar-refractivity contribution < 1.29 is 4.92 Å². The van der Waals surface area contributed by atoms with Crippen molar-refractivity contribution in [3.8, 4) is 0 Å². The molecule has 0 amide bonds. The molecule has 0 aliphatic rings. The number of pyridine rings is 1.